The maximum atomic E-state index is 8.39. The van der Waals surface area contributed by atoms with Crippen LogP contribution in [0.3, 0.4) is 0 Å². The molecule has 20 heavy (non-hydrogen) atoms. The Hall–Kier alpha value is -1.93. The number of halogens is 1. The molecular formula is C14H20ClN5. The van der Waals surface area contributed by atoms with Crippen molar-refractivity contribution in [3.8, 4) is 6.07 Å². The molecule has 1 unspecified atom stereocenters. The molecule has 0 aromatic heterocycles. The van der Waals surface area contributed by atoms with Gasteiger partial charge in [0.15, 0.2) is 5.29 Å². The van der Waals surface area contributed by atoms with Crippen molar-refractivity contribution in [1.29, 1.82) is 5.26 Å². The summed E-state index contributed by atoms with van der Waals surface area (Å²) in [6.45, 7) is 9.77. The predicted molar refractivity (Wildman–Crippen MR) is 82.6 cm³/mol. The Morgan fingerprint density at radius 3 is 2.75 bits per heavy atom. The van der Waals surface area contributed by atoms with Crippen LogP contribution in [0.1, 0.15) is 19.8 Å². The summed E-state index contributed by atoms with van der Waals surface area (Å²) in [6.07, 6.45) is 6.65. The molecule has 1 rings (SSSR count). The fourth-order valence-electron chi connectivity index (χ4n) is 1.63. The van der Waals surface area contributed by atoms with Crippen LogP contribution in [0.5, 0.6) is 0 Å². The van der Waals surface area contributed by atoms with E-state index < -0.39 is 0 Å². The van der Waals surface area contributed by atoms with Gasteiger partial charge in [-0.2, -0.15) is 5.26 Å². The molecule has 108 valence electrons. The molecule has 1 atom stereocenters. The third-order valence-corrected chi connectivity index (χ3v) is 3.39. The predicted octanol–water partition coefficient (Wildman–Crippen LogP) is 2.56. The largest absolute Gasteiger partial charge is 0.352 e. The number of amidine groups is 1. The topological polar surface area (TPSA) is 54.7 Å². The first kappa shape index (κ1) is 16.1. The van der Waals surface area contributed by atoms with E-state index in [2.05, 4.69) is 23.5 Å². The van der Waals surface area contributed by atoms with E-state index in [0.29, 0.717) is 11.3 Å². The van der Waals surface area contributed by atoms with Gasteiger partial charge in [-0.1, -0.05) is 13.2 Å². The molecular weight excluding hydrogens is 274 g/mol. The van der Waals surface area contributed by atoms with E-state index in [1.165, 1.54) is 12.3 Å². The lowest BCUT2D eigenvalue weighted by molar-refractivity contribution is 0.310. The number of nitriles is 1. The Kier molecular flexibility index (Phi) is 6.13. The lowest BCUT2D eigenvalue weighted by atomic mass is 10.4. The lowest BCUT2D eigenvalue weighted by Crippen LogP contribution is -2.45. The minimum Gasteiger partial charge on any atom is -0.352 e. The molecule has 0 spiro atoms. The summed E-state index contributed by atoms with van der Waals surface area (Å²) in [5, 5.41) is 11.9. The van der Waals surface area contributed by atoms with E-state index >= 15 is 0 Å². The van der Waals surface area contributed by atoms with E-state index in [-0.39, 0.29) is 6.17 Å². The van der Waals surface area contributed by atoms with E-state index in [9.17, 15) is 0 Å². The number of hydrogen-bond donors (Lipinski definition) is 1. The monoisotopic (exact) mass is 293 g/mol. The highest BCUT2D eigenvalue weighted by atomic mass is 35.5. The minimum atomic E-state index is -0.0876. The SMILES string of the molecule is C=CN(C(=C)NC(C)N(C)C(Cl)=N/C=C/C#N)C1CC1. The Balaban J connectivity index is 2.56. The summed E-state index contributed by atoms with van der Waals surface area (Å²) in [5.41, 5.74) is 0. The number of rotatable bonds is 7. The molecule has 1 N–H and O–H groups in total. The standard InChI is InChI=1S/C14H20ClN5/c1-5-20(13-7-8-13)12(3)18-11(2)19(4)14(15)17-10-6-9-16/h5-6,10-11,13,18H,1,3,7-8H2,2,4H3/b10-6+,17-14?. The number of nitrogens with zero attached hydrogens (tertiary/aromatic N) is 4. The van der Waals surface area contributed by atoms with Gasteiger partial charge in [0.25, 0.3) is 0 Å². The van der Waals surface area contributed by atoms with Gasteiger partial charge in [-0.05, 0) is 37.6 Å². The molecule has 0 aromatic carbocycles. The van der Waals surface area contributed by atoms with Crippen molar-refractivity contribution in [2.75, 3.05) is 7.05 Å². The zero-order chi connectivity index (χ0) is 15.1. The van der Waals surface area contributed by atoms with Crippen LogP contribution in [0.25, 0.3) is 0 Å². The van der Waals surface area contributed by atoms with Crippen LogP contribution in [0, 0.1) is 11.3 Å². The Labute approximate surface area is 125 Å². The summed E-state index contributed by atoms with van der Waals surface area (Å²) in [5.74, 6) is 0.791. The van der Waals surface area contributed by atoms with Gasteiger partial charge in [-0.3, -0.25) is 0 Å². The number of aliphatic imine (C=N–C) groups is 1. The van der Waals surface area contributed by atoms with Gasteiger partial charge in [0, 0.05) is 25.4 Å². The summed E-state index contributed by atoms with van der Waals surface area (Å²) < 4.78 is 0. The quantitative estimate of drug-likeness (QED) is 0.258. The van der Waals surface area contributed by atoms with Crippen molar-refractivity contribution in [3.05, 3.63) is 37.5 Å². The van der Waals surface area contributed by atoms with Gasteiger partial charge in [-0.15, -0.1) is 0 Å². The van der Waals surface area contributed by atoms with E-state index in [1.54, 1.807) is 11.1 Å². The molecule has 1 fully saturated rings. The van der Waals surface area contributed by atoms with Crippen LogP contribution < -0.4 is 5.32 Å². The zero-order valence-corrected chi connectivity index (χ0v) is 12.6. The molecule has 1 saturated carbocycles. The molecule has 1 aliphatic rings. The second-order valence-electron chi connectivity index (χ2n) is 4.54. The molecule has 0 saturated heterocycles. The maximum absolute atomic E-state index is 8.39. The molecule has 0 aromatic rings. The van der Waals surface area contributed by atoms with E-state index in [0.717, 1.165) is 18.7 Å². The first-order chi connectivity index (χ1) is 9.51. The lowest BCUT2D eigenvalue weighted by Gasteiger charge is -2.31. The smallest absolute Gasteiger partial charge is 0.199 e. The van der Waals surface area contributed by atoms with Gasteiger partial charge >= 0.3 is 0 Å². The summed E-state index contributed by atoms with van der Waals surface area (Å²) in [6, 6.07) is 2.36. The van der Waals surface area contributed by atoms with Crippen molar-refractivity contribution >= 4 is 16.9 Å². The van der Waals surface area contributed by atoms with E-state index in [1.807, 2.05) is 24.9 Å². The Morgan fingerprint density at radius 1 is 1.60 bits per heavy atom. The first-order valence-corrected chi connectivity index (χ1v) is 6.76. The highest BCUT2D eigenvalue weighted by molar-refractivity contribution is 6.64. The molecule has 0 radical (unpaired) electrons. The third-order valence-electron chi connectivity index (χ3n) is 3.03. The molecule has 0 aliphatic heterocycles. The third kappa shape index (κ3) is 4.63. The van der Waals surface area contributed by atoms with Crippen molar-refractivity contribution in [2.24, 2.45) is 4.99 Å². The first-order valence-electron chi connectivity index (χ1n) is 6.38. The summed E-state index contributed by atoms with van der Waals surface area (Å²) in [7, 11) is 1.81. The van der Waals surface area contributed by atoms with Gasteiger partial charge in [-0.25, -0.2) is 4.99 Å². The molecule has 1 aliphatic carbocycles. The Morgan fingerprint density at radius 2 is 2.25 bits per heavy atom. The molecule has 5 nitrogen and oxygen atoms in total. The van der Waals surface area contributed by atoms with Crippen LogP contribution >= 0.6 is 11.6 Å². The second-order valence-corrected chi connectivity index (χ2v) is 4.88. The van der Waals surface area contributed by atoms with E-state index in [4.69, 9.17) is 16.9 Å². The normalized spacial score (nSPS) is 16.4. The Bertz CT molecular complexity index is 459. The van der Waals surface area contributed by atoms with Gasteiger partial charge in [0.1, 0.15) is 0 Å². The highest BCUT2D eigenvalue weighted by Gasteiger charge is 2.28. The average Bonchev–Trinajstić information content (AvgIpc) is 3.23. The average molecular weight is 294 g/mol. The maximum Gasteiger partial charge on any atom is 0.199 e. The van der Waals surface area contributed by atoms with Gasteiger partial charge in [0.2, 0.25) is 0 Å². The number of hydrogen-bond acceptors (Lipinski definition) is 4. The highest BCUT2D eigenvalue weighted by Crippen LogP contribution is 2.29. The van der Waals surface area contributed by atoms with Crippen molar-refractivity contribution < 1.29 is 0 Å². The van der Waals surface area contributed by atoms with Crippen LogP contribution in [0.2, 0.25) is 0 Å². The van der Waals surface area contributed by atoms with Crippen LogP contribution in [-0.2, 0) is 0 Å². The second kappa shape index (κ2) is 7.61. The molecule has 0 heterocycles. The summed E-state index contributed by atoms with van der Waals surface area (Å²) >= 11 is 6.05. The van der Waals surface area contributed by atoms with Crippen molar-refractivity contribution in [1.82, 2.24) is 15.1 Å². The van der Waals surface area contributed by atoms with Gasteiger partial charge in [0.05, 0.1) is 18.1 Å². The molecule has 6 heteroatoms. The fourth-order valence-corrected chi connectivity index (χ4v) is 1.83. The minimum absolute atomic E-state index is 0.0876. The van der Waals surface area contributed by atoms with Crippen molar-refractivity contribution in [2.45, 2.75) is 32.0 Å². The van der Waals surface area contributed by atoms with Gasteiger partial charge < -0.3 is 15.1 Å². The fraction of sp³-hybridized carbons (Fsp3) is 0.429. The molecule has 0 bridgehead atoms. The number of allylic oxidation sites excluding steroid dienone is 1. The van der Waals surface area contributed by atoms with Crippen LogP contribution in [-0.4, -0.2) is 34.3 Å². The van der Waals surface area contributed by atoms with Crippen molar-refractivity contribution in [3.63, 3.8) is 0 Å². The van der Waals surface area contributed by atoms with Crippen LogP contribution in [0.4, 0.5) is 0 Å². The zero-order valence-electron chi connectivity index (χ0n) is 11.9. The molecule has 0 amide bonds. The van der Waals surface area contributed by atoms with Crippen LogP contribution in [0.15, 0.2) is 42.4 Å². The number of nitrogens with one attached hydrogen (secondary N) is 1. The summed E-state index contributed by atoms with van der Waals surface area (Å²) in [4.78, 5) is 7.74.